The summed E-state index contributed by atoms with van der Waals surface area (Å²) < 4.78 is 0. The minimum absolute atomic E-state index is 0.0591. The molecule has 5 aliphatic carbocycles. The van der Waals surface area contributed by atoms with Crippen LogP contribution in [0.5, 0.6) is 0 Å². The smallest absolute Gasteiger partial charge is 0.322 e. The summed E-state index contributed by atoms with van der Waals surface area (Å²) in [4.78, 5) is 37.8. The molecule has 10 atom stereocenters. The van der Waals surface area contributed by atoms with E-state index in [1.165, 1.54) is 31.3 Å². The van der Waals surface area contributed by atoms with E-state index in [-0.39, 0.29) is 39.1 Å². The first-order valence-electron chi connectivity index (χ1n) is 18.7. The van der Waals surface area contributed by atoms with Crippen molar-refractivity contribution in [1.29, 1.82) is 0 Å². The van der Waals surface area contributed by atoms with Gasteiger partial charge in [-0.3, -0.25) is 14.4 Å². The van der Waals surface area contributed by atoms with Crippen LogP contribution < -0.4 is 10.6 Å². The van der Waals surface area contributed by atoms with Gasteiger partial charge in [0, 0.05) is 12.1 Å². The highest BCUT2D eigenvalue weighted by molar-refractivity contribution is 5.95. The zero-order valence-corrected chi connectivity index (χ0v) is 30.3. The van der Waals surface area contributed by atoms with Gasteiger partial charge in [-0.05, 0) is 146 Å². The van der Waals surface area contributed by atoms with Crippen LogP contribution in [0.1, 0.15) is 122 Å². The number of rotatable bonds is 8. The number of fused-ring (bicyclic) bond motifs is 7. The average molecular weight is 661 g/mol. The van der Waals surface area contributed by atoms with E-state index in [2.05, 4.69) is 58.8 Å². The summed E-state index contributed by atoms with van der Waals surface area (Å²) in [7, 11) is 0. The van der Waals surface area contributed by atoms with Gasteiger partial charge in [0.2, 0.25) is 5.91 Å². The Morgan fingerprint density at radius 3 is 2.33 bits per heavy atom. The van der Waals surface area contributed by atoms with Gasteiger partial charge in [-0.2, -0.15) is 0 Å². The van der Waals surface area contributed by atoms with Crippen molar-refractivity contribution >= 4 is 17.8 Å². The number of carboxylic acid groups (broad SMARTS) is 1. The first-order chi connectivity index (χ1) is 22.5. The normalized spacial score (nSPS) is 41.1. The molecule has 6 rings (SSSR count). The van der Waals surface area contributed by atoms with E-state index in [1.807, 2.05) is 6.07 Å². The van der Waals surface area contributed by atoms with Gasteiger partial charge < -0.3 is 20.8 Å². The van der Waals surface area contributed by atoms with Gasteiger partial charge in [0.15, 0.2) is 0 Å². The summed E-state index contributed by atoms with van der Waals surface area (Å²) >= 11 is 0. The Morgan fingerprint density at radius 2 is 1.62 bits per heavy atom. The summed E-state index contributed by atoms with van der Waals surface area (Å²) in [6, 6.07) is 7.21. The highest BCUT2D eigenvalue weighted by Gasteiger charge is 2.71. The maximum atomic E-state index is 14.5. The number of allylic oxidation sites excluding steroid dienone is 1. The lowest BCUT2D eigenvalue weighted by molar-refractivity contribution is -0.246. The molecule has 0 aromatic heterocycles. The van der Waals surface area contributed by atoms with Crippen LogP contribution in [-0.4, -0.2) is 47.2 Å². The van der Waals surface area contributed by atoms with Crippen molar-refractivity contribution in [2.24, 2.45) is 56.7 Å². The van der Waals surface area contributed by atoms with E-state index in [9.17, 15) is 19.5 Å². The van der Waals surface area contributed by atoms with E-state index in [1.54, 1.807) is 18.2 Å². The van der Waals surface area contributed by atoms with Gasteiger partial charge in [0.1, 0.15) is 6.54 Å². The third-order valence-electron chi connectivity index (χ3n) is 15.8. The van der Waals surface area contributed by atoms with Gasteiger partial charge in [-0.25, -0.2) is 0 Å². The van der Waals surface area contributed by atoms with Gasteiger partial charge in [0.05, 0.1) is 11.5 Å². The minimum Gasteiger partial charge on any atom is -0.480 e. The van der Waals surface area contributed by atoms with Gasteiger partial charge in [0.25, 0.3) is 5.91 Å². The molecule has 264 valence electrons. The Morgan fingerprint density at radius 1 is 0.875 bits per heavy atom. The molecule has 7 nitrogen and oxygen atoms in total. The highest BCUT2D eigenvalue weighted by Crippen LogP contribution is 2.77. The molecule has 0 spiro atoms. The number of nitrogens with one attached hydrogen (secondary N) is 2. The van der Waals surface area contributed by atoms with Crippen LogP contribution in [0.25, 0.3) is 0 Å². The Hall–Kier alpha value is -2.67. The van der Waals surface area contributed by atoms with E-state index in [0.29, 0.717) is 48.1 Å². The molecule has 0 radical (unpaired) electrons. The van der Waals surface area contributed by atoms with Crippen molar-refractivity contribution in [3.8, 4) is 0 Å². The predicted octanol–water partition coefficient (Wildman–Crippen LogP) is 7.18. The molecule has 0 aliphatic heterocycles. The quantitative estimate of drug-likeness (QED) is 0.221. The molecule has 0 bridgehead atoms. The zero-order valence-electron chi connectivity index (χ0n) is 30.3. The fraction of sp³-hybridized carbons (Fsp3) is 0.732. The molecule has 48 heavy (non-hydrogen) atoms. The van der Waals surface area contributed by atoms with Crippen molar-refractivity contribution in [2.75, 3.05) is 13.1 Å². The van der Waals surface area contributed by atoms with E-state index in [4.69, 9.17) is 5.11 Å². The van der Waals surface area contributed by atoms with Crippen LogP contribution in [0.2, 0.25) is 0 Å². The van der Waals surface area contributed by atoms with Crippen molar-refractivity contribution in [3.63, 3.8) is 0 Å². The number of aliphatic hydroxyl groups excluding tert-OH is 1. The fourth-order valence-electron chi connectivity index (χ4n) is 13.1. The SMILES string of the molecule is C=C(C)[C@@H]1CC[C@]2(C(=O)NCCc3cccc(C(=O)NCC(=O)O)c3)CC[C@]3(C)C(CCC4[C@@]5(C)CC[C@H](O)C(C)(C)C5CC[C@]43C)C12. The predicted molar refractivity (Wildman–Crippen MR) is 188 cm³/mol. The van der Waals surface area contributed by atoms with Crippen molar-refractivity contribution in [2.45, 2.75) is 118 Å². The molecule has 4 N–H and O–H groups in total. The number of carbonyl (C=O) groups excluding carboxylic acids is 2. The first kappa shape index (κ1) is 35.2. The highest BCUT2D eigenvalue weighted by atomic mass is 16.4. The molecule has 5 aliphatic rings. The number of benzene rings is 1. The molecule has 5 saturated carbocycles. The van der Waals surface area contributed by atoms with Gasteiger partial charge >= 0.3 is 5.97 Å². The molecule has 1 aromatic rings. The van der Waals surface area contributed by atoms with E-state index in [0.717, 1.165) is 44.1 Å². The molecular weight excluding hydrogens is 600 g/mol. The van der Waals surface area contributed by atoms with Crippen LogP contribution in [-0.2, 0) is 16.0 Å². The topological polar surface area (TPSA) is 116 Å². The molecule has 4 unspecified atom stereocenters. The molecule has 2 amide bonds. The molecule has 5 fully saturated rings. The van der Waals surface area contributed by atoms with E-state index < -0.39 is 18.4 Å². The second-order valence-electron chi connectivity index (χ2n) is 18.0. The maximum absolute atomic E-state index is 14.5. The monoisotopic (exact) mass is 660 g/mol. The van der Waals surface area contributed by atoms with Crippen LogP contribution in [0.15, 0.2) is 36.4 Å². The molecule has 1 aromatic carbocycles. The number of carboxylic acids is 1. The van der Waals surface area contributed by atoms with Crippen LogP contribution in [0, 0.1) is 56.7 Å². The standard InChI is InChI=1S/C41H60N2O5/c1-25(2)28-13-19-41(36(48)42-22-16-26-9-8-10-27(23-26)35(47)43-24-33(45)46)21-20-39(6)29(34(28)41)11-12-31-38(5)17-15-32(44)37(3,4)30(38)14-18-40(31,39)7/h8-10,23,28-32,34,44H,1,11-22,24H2,2-7H3,(H,42,48)(H,43,47)(H,45,46)/t28-,29?,30?,31?,32-,34?,38-,39+,40+,41-/m0/s1. The van der Waals surface area contributed by atoms with Crippen molar-refractivity contribution in [3.05, 3.63) is 47.5 Å². The van der Waals surface area contributed by atoms with Gasteiger partial charge in [-0.15, -0.1) is 0 Å². The summed E-state index contributed by atoms with van der Waals surface area (Å²) in [5, 5.41) is 25.8. The Labute approximate surface area is 288 Å². The van der Waals surface area contributed by atoms with Crippen molar-refractivity contribution < 1.29 is 24.6 Å². The summed E-state index contributed by atoms with van der Waals surface area (Å²) in [6.07, 6.45) is 11.1. The molecule has 0 saturated heterocycles. The lowest BCUT2D eigenvalue weighted by atomic mass is 9.32. The summed E-state index contributed by atoms with van der Waals surface area (Å²) in [6.45, 7) is 19.2. The number of hydrogen-bond donors (Lipinski definition) is 4. The number of aliphatic hydroxyl groups is 1. The van der Waals surface area contributed by atoms with Crippen LogP contribution in [0.4, 0.5) is 0 Å². The van der Waals surface area contributed by atoms with Crippen molar-refractivity contribution in [1.82, 2.24) is 10.6 Å². The average Bonchev–Trinajstić information content (AvgIpc) is 3.44. The van der Waals surface area contributed by atoms with Gasteiger partial charge in [-0.1, -0.05) is 58.9 Å². The van der Waals surface area contributed by atoms with E-state index >= 15 is 0 Å². The third-order valence-corrected chi connectivity index (χ3v) is 15.8. The first-order valence-corrected chi connectivity index (χ1v) is 18.7. The molecule has 0 heterocycles. The fourth-order valence-corrected chi connectivity index (χ4v) is 13.1. The maximum Gasteiger partial charge on any atom is 0.322 e. The zero-order chi connectivity index (χ0) is 34.9. The van der Waals surface area contributed by atoms with Crippen LogP contribution in [0.3, 0.4) is 0 Å². The minimum atomic E-state index is -1.08. The number of hydrogen-bond acceptors (Lipinski definition) is 4. The molecule has 7 heteroatoms. The summed E-state index contributed by atoms with van der Waals surface area (Å²) in [5.74, 6) is 0.995. The van der Waals surface area contributed by atoms with Crippen LogP contribution >= 0.6 is 0 Å². The summed E-state index contributed by atoms with van der Waals surface area (Å²) in [5.41, 5.74) is 2.72. The molecular formula is C41H60N2O5. The largest absolute Gasteiger partial charge is 0.480 e. The lowest BCUT2D eigenvalue weighted by Crippen LogP contribution is -2.67. The third kappa shape index (κ3) is 5.27. The lowest BCUT2D eigenvalue weighted by Gasteiger charge is -2.72. The second-order valence-corrected chi connectivity index (χ2v) is 18.0. The number of aliphatic carboxylic acids is 1. The number of carbonyl (C=O) groups is 3. The second kappa shape index (κ2) is 12.3. The Bertz CT molecular complexity index is 1470. The number of amides is 2. The Kier molecular flexibility index (Phi) is 9.00. The Balaban J connectivity index is 1.21.